The molecular formula is C26H28ClN3O4S. The van der Waals surface area contributed by atoms with Gasteiger partial charge in [-0.05, 0) is 91.5 Å². The molecule has 3 amide bonds. The third-order valence-corrected chi connectivity index (χ3v) is 7.82. The number of methoxy groups -OCH3 is 1. The second-order valence-electron chi connectivity index (χ2n) is 9.45. The van der Waals surface area contributed by atoms with Gasteiger partial charge in [0.2, 0.25) is 5.91 Å². The molecule has 1 atom stereocenters. The van der Waals surface area contributed by atoms with E-state index in [2.05, 4.69) is 38.0 Å². The van der Waals surface area contributed by atoms with Gasteiger partial charge in [-0.1, -0.05) is 18.5 Å². The van der Waals surface area contributed by atoms with Gasteiger partial charge in [0, 0.05) is 29.0 Å². The van der Waals surface area contributed by atoms with Gasteiger partial charge in [0.25, 0.3) is 11.1 Å². The van der Waals surface area contributed by atoms with E-state index in [1.54, 1.807) is 37.5 Å². The Bertz CT molecular complexity index is 1230. The van der Waals surface area contributed by atoms with Gasteiger partial charge in [-0.15, -0.1) is 0 Å². The molecule has 35 heavy (non-hydrogen) atoms. The number of amides is 3. The minimum atomic E-state index is -0.509. The predicted molar refractivity (Wildman–Crippen MR) is 141 cm³/mol. The van der Waals surface area contributed by atoms with Crippen molar-refractivity contribution in [3.63, 3.8) is 0 Å². The molecule has 2 aromatic carbocycles. The molecule has 2 aromatic rings. The van der Waals surface area contributed by atoms with Crippen molar-refractivity contribution >= 4 is 57.9 Å². The number of anilines is 2. The van der Waals surface area contributed by atoms with E-state index < -0.39 is 17.1 Å². The lowest BCUT2D eigenvalue weighted by Gasteiger charge is -2.45. The van der Waals surface area contributed by atoms with E-state index in [9.17, 15) is 14.4 Å². The predicted octanol–water partition coefficient (Wildman–Crippen LogP) is 5.75. The molecule has 0 spiro atoms. The highest BCUT2D eigenvalue weighted by Gasteiger charge is 2.37. The van der Waals surface area contributed by atoms with E-state index in [1.165, 1.54) is 0 Å². The van der Waals surface area contributed by atoms with Crippen LogP contribution in [0.5, 0.6) is 5.75 Å². The number of fused-ring (bicyclic) bond motifs is 1. The zero-order valence-electron chi connectivity index (χ0n) is 20.3. The maximum atomic E-state index is 13.0. The second-order valence-corrected chi connectivity index (χ2v) is 10.9. The summed E-state index contributed by atoms with van der Waals surface area (Å²) in [5, 5.41) is 2.70. The van der Waals surface area contributed by atoms with Crippen molar-refractivity contribution in [3.05, 3.63) is 57.5 Å². The number of halogens is 1. The standard InChI is InChI=1S/C26H28ClN3O4S/c1-15-13-26(2,3)29(4)21-12-20(27)16(10-19(15)21)11-22-24(32)30(25(33)35-22)14-23(31)28-17-6-8-18(34-5)9-7-17/h6-12,15H,13-14H2,1-5H3,(H,28,31)/b22-11-/t15-/m0/s1. The molecule has 2 heterocycles. The number of benzene rings is 2. The van der Waals surface area contributed by atoms with Gasteiger partial charge in [-0.2, -0.15) is 0 Å². The van der Waals surface area contributed by atoms with E-state index >= 15 is 0 Å². The van der Waals surface area contributed by atoms with Crippen molar-refractivity contribution in [1.82, 2.24) is 4.90 Å². The number of carbonyl (C=O) groups is 3. The maximum Gasteiger partial charge on any atom is 0.294 e. The third kappa shape index (κ3) is 5.04. The molecule has 1 N–H and O–H groups in total. The van der Waals surface area contributed by atoms with Crippen LogP contribution in [0.15, 0.2) is 41.3 Å². The minimum absolute atomic E-state index is 0.00626. The van der Waals surface area contributed by atoms with Crippen LogP contribution in [-0.2, 0) is 9.59 Å². The summed E-state index contributed by atoms with van der Waals surface area (Å²) in [6.45, 7) is 6.22. The summed E-state index contributed by atoms with van der Waals surface area (Å²) in [4.78, 5) is 41.4. The number of nitrogens with one attached hydrogen (secondary N) is 1. The first kappa shape index (κ1) is 25.1. The first-order valence-corrected chi connectivity index (χ1v) is 12.5. The van der Waals surface area contributed by atoms with Gasteiger partial charge in [-0.25, -0.2) is 0 Å². The summed E-state index contributed by atoms with van der Waals surface area (Å²) in [5.41, 5.74) is 3.45. The summed E-state index contributed by atoms with van der Waals surface area (Å²) in [6.07, 6.45) is 2.62. The van der Waals surface area contributed by atoms with Crippen molar-refractivity contribution in [2.24, 2.45) is 0 Å². The Hall–Kier alpha value is -2.97. The number of hydrogen-bond donors (Lipinski definition) is 1. The SMILES string of the molecule is COc1ccc(NC(=O)CN2C(=O)S/C(=C\c3cc4c(cc3Cl)N(C)C(C)(C)C[C@@H]4C)C2=O)cc1. The van der Waals surface area contributed by atoms with Gasteiger partial charge in [0.05, 0.1) is 12.0 Å². The molecule has 7 nitrogen and oxygen atoms in total. The van der Waals surface area contributed by atoms with Crippen molar-refractivity contribution in [2.45, 2.75) is 38.6 Å². The molecule has 1 fully saturated rings. The molecule has 0 aliphatic carbocycles. The molecule has 0 saturated carbocycles. The molecule has 0 radical (unpaired) electrons. The van der Waals surface area contributed by atoms with Gasteiger partial charge in [0.15, 0.2) is 0 Å². The largest absolute Gasteiger partial charge is 0.497 e. The van der Waals surface area contributed by atoms with Crippen LogP contribution in [0.4, 0.5) is 16.2 Å². The van der Waals surface area contributed by atoms with Gasteiger partial charge >= 0.3 is 0 Å². The Kier molecular flexibility index (Phi) is 6.88. The van der Waals surface area contributed by atoms with Crippen molar-refractivity contribution in [1.29, 1.82) is 0 Å². The first-order valence-electron chi connectivity index (χ1n) is 11.3. The normalized spacial score (nSPS) is 20.3. The fourth-order valence-electron chi connectivity index (χ4n) is 4.51. The second kappa shape index (κ2) is 9.59. The topological polar surface area (TPSA) is 79.0 Å². The van der Waals surface area contributed by atoms with E-state index in [0.29, 0.717) is 27.9 Å². The molecular weight excluding hydrogens is 486 g/mol. The Morgan fingerprint density at radius 2 is 1.94 bits per heavy atom. The summed E-state index contributed by atoms with van der Waals surface area (Å²) in [7, 11) is 3.61. The smallest absolute Gasteiger partial charge is 0.294 e. The monoisotopic (exact) mass is 513 g/mol. The average molecular weight is 514 g/mol. The van der Waals surface area contributed by atoms with E-state index in [0.717, 1.165) is 34.3 Å². The third-order valence-electron chi connectivity index (χ3n) is 6.59. The average Bonchev–Trinajstić information content (AvgIpc) is 3.06. The van der Waals surface area contributed by atoms with Gasteiger partial charge in [-0.3, -0.25) is 19.3 Å². The van der Waals surface area contributed by atoms with Crippen molar-refractivity contribution in [3.8, 4) is 5.75 Å². The van der Waals surface area contributed by atoms with Crippen LogP contribution in [0.25, 0.3) is 6.08 Å². The van der Waals surface area contributed by atoms with E-state index in [4.69, 9.17) is 16.3 Å². The number of rotatable bonds is 5. The Balaban J connectivity index is 1.52. The quantitative estimate of drug-likeness (QED) is 0.513. The first-order chi connectivity index (χ1) is 16.5. The van der Waals surface area contributed by atoms with E-state index in [-0.39, 0.29) is 17.0 Å². The number of carbonyl (C=O) groups excluding carboxylic acids is 3. The molecule has 0 unspecified atom stereocenters. The van der Waals surface area contributed by atoms with Crippen LogP contribution in [0.3, 0.4) is 0 Å². The maximum absolute atomic E-state index is 13.0. The molecule has 9 heteroatoms. The van der Waals surface area contributed by atoms with Gasteiger partial charge < -0.3 is 15.0 Å². The minimum Gasteiger partial charge on any atom is -0.497 e. The zero-order valence-corrected chi connectivity index (χ0v) is 21.9. The number of hydrogen-bond acceptors (Lipinski definition) is 6. The Morgan fingerprint density at radius 1 is 1.26 bits per heavy atom. The molecule has 1 saturated heterocycles. The summed E-state index contributed by atoms with van der Waals surface area (Å²) in [5.74, 6) is -0.00280. The highest BCUT2D eigenvalue weighted by Crippen LogP contribution is 2.45. The molecule has 4 rings (SSSR count). The lowest BCUT2D eigenvalue weighted by atomic mass is 9.80. The highest BCUT2D eigenvalue weighted by molar-refractivity contribution is 8.18. The van der Waals surface area contributed by atoms with Crippen LogP contribution < -0.4 is 15.0 Å². The molecule has 2 aliphatic rings. The summed E-state index contributed by atoms with van der Waals surface area (Å²) >= 11 is 7.41. The summed E-state index contributed by atoms with van der Waals surface area (Å²) in [6, 6.07) is 10.7. The Morgan fingerprint density at radius 3 is 2.60 bits per heavy atom. The fourth-order valence-corrected chi connectivity index (χ4v) is 5.55. The molecule has 184 valence electrons. The van der Waals surface area contributed by atoms with Crippen molar-refractivity contribution in [2.75, 3.05) is 30.9 Å². The van der Waals surface area contributed by atoms with Crippen LogP contribution in [-0.4, -0.2) is 48.2 Å². The number of thioether (sulfide) groups is 1. The van der Waals surface area contributed by atoms with Crippen LogP contribution >= 0.6 is 23.4 Å². The number of ether oxygens (including phenoxy) is 1. The zero-order chi connectivity index (χ0) is 25.5. The highest BCUT2D eigenvalue weighted by atomic mass is 35.5. The fraction of sp³-hybridized carbons (Fsp3) is 0.346. The van der Waals surface area contributed by atoms with Crippen LogP contribution in [0, 0.1) is 0 Å². The van der Waals surface area contributed by atoms with Crippen LogP contribution in [0.1, 0.15) is 44.2 Å². The molecule has 0 bridgehead atoms. The summed E-state index contributed by atoms with van der Waals surface area (Å²) < 4.78 is 5.10. The van der Waals surface area contributed by atoms with Gasteiger partial charge in [0.1, 0.15) is 12.3 Å². The molecule has 2 aliphatic heterocycles. The molecule has 0 aromatic heterocycles. The lowest BCUT2D eigenvalue weighted by Crippen LogP contribution is -2.45. The number of nitrogens with zero attached hydrogens (tertiary/aromatic N) is 2. The Labute approximate surface area is 214 Å². The lowest BCUT2D eigenvalue weighted by molar-refractivity contribution is -0.127. The van der Waals surface area contributed by atoms with Crippen LogP contribution in [0.2, 0.25) is 5.02 Å². The number of imide groups is 1. The van der Waals surface area contributed by atoms with E-state index in [1.807, 2.05) is 12.1 Å². The van der Waals surface area contributed by atoms with Crippen molar-refractivity contribution < 1.29 is 19.1 Å².